The summed E-state index contributed by atoms with van der Waals surface area (Å²) in [7, 11) is -0.731. The van der Waals surface area contributed by atoms with Crippen LogP contribution < -0.4 is 11.1 Å². The Kier molecular flexibility index (Phi) is 4.24. The third-order valence-electron chi connectivity index (χ3n) is 3.00. The van der Waals surface area contributed by atoms with Crippen LogP contribution in [0, 0.1) is 0 Å². The number of rotatable bonds is 2. The van der Waals surface area contributed by atoms with Gasteiger partial charge < -0.3 is 11.1 Å². The fourth-order valence-electron chi connectivity index (χ4n) is 1.98. The fraction of sp³-hybridized carbons (Fsp3) is 0.417. The van der Waals surface area contributed by atoms with Crippen molar-refractivity contribution in [3.8, 4) is 0 Å². The van der Waals surface area contributed by atoms with Gasteiger partial charge >= 0.3 is 0 Å². The first-order valence-corrected chi connectivity index (χ1v) is 7.64. The lowest BCUT2D eigenvalue weighted by atomic mass is 10.1. The molecule has 0 spiro atoms. The van der Waals surface area contributed by atoms with Gasteiger partial charge in [-0.3, -0.25) is 9.00 Å². The van der Waals surface area contributed by atoms with Gasteiger partial charge in [0, 0.05) is 34.0 Å². The number of benzene rings is 1. The summed E-state index contributed by atoms with van der Waals surface area (Å²) in [4.78, 5) is 12.1. The average molecular weight is 287 g/mol. The lowest BCUT2D eigenvalue weighted by molar-refractivity contribution is 0.0935. The van der Waals surface area contributed by atoms with Gasteiger partial charge in [0.1, 0.15) is 0 Å². The molecule has 0 radical (unpaired) electrons. The highest BCUT2D eigenvalue weighted by Gasteiger charge is 2.22. The lowest BCUT2D eigenvalue weighted by Gasteiger charge is -2.23. The zero-order chi connectivity index (χ0) is 13.1. The molecule has 1 saturated heterocycles. The predicted octanol–water partition coefficient (Wildman–Crippen LogP) is 1.56. The van der Waals surface area contributed by atoms with Gasteiger partial charge in [-0.1, -0.05) is 17.7 Å². The predicted molar refractivity (Wildman–Crippen MR) is 74.2 cm³/mol. The summed E-state index contributed by atoms with van der Waals surface area (Å²) in [6, 6.07) is 5.06. The highest BCUT2D eigenvalue weighted by molar-refractivity contribution is 7.85. The highest BCUT2D eigenvalue weighted by Crippen LogP contribution is 2.22. The van der Waals surface area contributed by atoms with Crippen molar-refractivity contribution in [3.63, 3.8) is 0 Å². The van der Waals surface area contributed by atoms with E-state index in [1.165, 1.54) is 0 Å². The Bertz CT molecular complexity index is 463. The van der Waals surface area contributed by atoms with Crippen molar-refractivity contribution >= 4 is 34.0 Å². The summed E-state index contributed by atoms with van der Waals surface area (Å²) < 4.78 is 11.2. The van der Waals surface area contributed by atoms with Crippen LogP contribution in [0.5, 0.6) is 0 Å². The molecule has 1 heterocycles. The van der Waals surface area contributed by atoms with E-state index < -0.39 is 10.8 Å². The molecule has 6 heteroatoms. The first-order valence-electron chi connectivity index (χ1n) is 5.77. The molecular weight excluding hydrogens is 272 g/mol. The van der Waals surface area contributed by atoms with E-state index in [1.54, 1.807) is 18.2 Å². The van der Waals surface area contributed by atoms with E-state index in [0.717, 1.165) is 12.8 Å². The molecule has 0 bridgehead atoms. The summed E-state index contributed by atoms with van der Waals surface area (Å²) in [6.07, 6.45) is 1.48. The minimum atomic E-state index is -0.731. The quantitative estimate of drug-likeness (QED) is 0.811. The van der Waals surface area contributed by atoms with E-state index in [2.05, 4.69) is 5.32 Å². The standard InChI is InChI=1S/C12H15ClN2O2S/c13-9-2-1-3-10(14)11(9)12(16)15-8-4-6-18(17)7-5-8/h1-3,8H,4-7,14H2,(H,15,16). The van der Waals surface area contributed by atoms with Crippen LogP contribution in [0.25, 0.3) is 0 Å². The van der Waals surface area contributed by atoms with Gasteiger partial charge in [-0.25, -0.2) is 0 Å². The average Bonchev–Trinajstić information content (AvgIpc) is 2.32. The first-order chi connectivity index (χ1) is 8.58. The molecule has 3 N–H and O–H groups in total. The SMILES string of the molecule is Nc1cccc(Cl)c1C(=O)NC1CCS(=O)CC1. The fourth-order valence-corrected chi connectivity index (χ4v) is 3.54. The molecule has 98 valence electrons. The van der Waals surface area contributed by atoms with Gasteiger partial charge in [0.2, 0.25) is 0 Å². The second kappa shape index (κ2) is 5.71. The van der Waals surface area contributed by atoms with Crippen molar-refractivity contribution < 1.29 is 9.00 Å². The molecule has 1 aromatic rings. The van der Waals surface area contributed by atoms with Crippen LogP contribution in [0.15, 0.2) is 18.2 Å². The Morgan fingerprint density at radius 3 is 2.67 bits per heavy atom. The summed E-state index contributed by atoms with van der Waals surface area (Å²) >= 11 is 5.98. The molecule has 1 aliphatic heterocycles. The minimum absolute atomic E-state index is 0.0610. The van der Waals surface area contributed by atoms with E-state index in [1.807, 2.05) is 0 Å². The third-order valence-corrected chi connectivity index (χ3v) is 4.69. The molecule has 0 aliphatic carbocycles. The number of carbonyl (C=O) groups is 1. The van der Waals surface area contributed by atoms with Gasteiger partial charge in [0.15, 0.2) is 0 Å². The normalized spacial score (nSPS) is 23.6. The molecule has 1 fully saturated rings. The monoisotopic (exact) mass is 286 g/mol. The van der Waals surface area contributed by atoms with Crippen LogP contribution in [0.3, 0.4) is 0 Å². The number of hydrogen-bond acceptors (Lipinski definition) is 3. The van der Waals surface area contributed by atoms with Crippen LogP contribution in [-0.2, 0) is 10.8 Å². The molecule has 0 saturated carbocycles. The summed E-state index contributed by atoms with van der Waals surface area (Å²) in [5, 5.41) is 3.25. The van der Waals surface area contributed by atoms with Crippen LogP contribution in [-0.4, -0.2) is 27.7 Å². The third kappa shape index (κ3) is 3.03. The summed E-state index contributed by atoms with van der Waals surface area (Å²) in [5.41, 5.74) is 6.45. The van der Waals surface area contributed by atoms with Crippen molar-refractivity contribution in [1.82, 2.24) is 5.32 Å². The Morgan fingerprint density at radius 2 is 2.06 bits per heavy atom. The minimum Gasteiger partial charge on any atom is -0.398 e. The first kappa shape index (κ1) is 13.4. The van der Waals surface area contributed by atoms with E-state index >= 15 is 0 Å². The molecule has 1 aromatic carbocycles. The Hall–Kier alpha value is -1.07. The maximum atomic E-state index is 12.1. The van der Waals surface area contributed by atoms with Crippen molar-refractivity contribution in [2.24, 2.45) is 0 Å². The molecule has 4 nitrogen and oxygen atoms in total. The van der Waals surface area contributed by atoms with Crippen molar-refractivity contribution in [2.75, 3.05) is 17.2 Å². The van der Waals surface area contributed by atoms with Crippen molar-refractivity contribution in [3.05, 3.63) is 28.8 Å². The number of carbonyl (C=O) groups excluding carboxylic acids is 1. The topological polar surface area (TPSA) is 72.2 Å². The number of halogens is 1. The molecule has 2 rings (SSSR count). The van der Waals surface area contributed by atoms with Gasteiger partial charge in [0.05, 0.1) is 10.6 Å². The van der Waals surface area contributed by atoms with Crippen LogP contribution in [0.2, 0.25) is 5.02 Å². The number of amides is 1. The van der Waals surface area contributed by atoms with E-state index in [4.69, 9.17) is 17.3 Å². The highest BCUT2D eigenvalue weighted by atomic mass is 35.5. The summed E-state index contributed by atoms with van der Waals surface area (Å²) in [5.74, 6) is 1.03. The second-order valence-electron chi connectivity index (χ2n) is 4.30. The number of hydrogen-bond donors (Lipinski definition) is 2. The smallest absolute Gasteiger partial charge is 0.255 e. The maximum Gasteiger partial charge on any atom is 0.255 e. The maximum absolute atomic E-state index is 12.1. The molecule has 18 heavy (non-hydrogen) atoms. The molecule has 1 amide bonds. The second-order valence-corrected chi connectivity index (χ2v) is 6.40. The van der Waals surface area contributed by atoms with Crippen molar-refractivity contribution in [1.29, 1.82) is 0 Å². The number of nitrogen functional groups attached to an aromatic ring is 1. The van der Waals surface area contributed by atoms with Gasteiger partial charge in [-0.15, -0.1) is 0 Å². The zero-order valence-electron chi connectivity index (χ0n) is 9.82. The van der Waals surface area contributed by atoms with Crippen LogP contribution >= 0.6 is 11.6 Å². The van der Waals surface area contributed by atoms with Gasteiger partial charge in [-0.05, 0) is 25.0 Å². The van der Waals surface area contributed by atoms with Crippen LogP contribution in [0.4, 0.5) is 5.69 Å². The largest absolute Gasteiger partial charge is 0.398 e. The van der Waals surface area contributed by atoms with Gasteiger partial charge in [-0.2, -0.15) is 0 Å². The number of anilines is 1. The van der Waals surface area contributed by atoms with E-state index in [9.17, 15) is 9.00 Å². The Morgan fingerprint density at radius 1 is 1.39 bits per heavy atom. The lowest BCUT2D eigenvalue weighted by Crippen LogP contribution is -2.39. The Labute approximate surface area is 113 Å². The molecule has 1 aliphatic rings. The molecule has 0 unspecified atom stereocenters. The Balaban J connectivity index is 2.06. The number of nitrogens with one attached hydrogen (secondary N) is 1. The van der Waals surface area contributed by atoms with Gasteiger partial charge in [0.25, 0.3) is 5.91 Å². The van der Waals surface area contributed by atoms with E-state index in [-0.39, 0.29) is 11.9 Å². The zero-order valence-corrected chi connectivity index (χ0v) is 11.4. The van der Waals surface area contributed by atoms with E-state index in [0.29, 0.717) is 27.8 Å². The van der Waals surface area contributed by atoms with Crippen molar-refractivity contribution in [2.45, 2.75) is 18.9 Å². The number of nitrogens with two attached hydrogens (primary N) is 1. The molecule has 0 aromatic heterocycles. The molecular formula is C12H15ClN2O2S. The summed E-state index contributed by atoms with van der Waals surface area (Å²) in [6.45, 7) is 0. The van der Waals surface area contributed by atoms with Crippen LogP contribution in [0.1, 0.15) is 23.2 Å². The molecule has 0 atom stereocenters.